The Morgan fingerprint density at radius 3 is 1.88 bits per heavy atom. The molecule has 0 aromatic heterocycles. The van der Waals surface area contributed by atoms with Crippen LogP contribution in [-0.4, -0.2) is 49.4 Å². The third-order valence-corrected chi connectivity index (χ3v) is 12.3. The van der Waals surface area contributed by atoms with E-state index in [1.165, 1.54) is 10.4 Å². The molecule has 1 N–H and O–H groups in total. The summed E-state index contributed by atoms with van der Waals surface area (Å²) in [5.74, 6) is -0.730. The number of rotatable bonds is 4. The van der Waals surface area contributed by atoms with Crippen molar-refractivity contribution >= 4 is 18.7 Å². The van der Waals surface area contributed by atoms with E-state index in [1.807, 2.05) is 13.8 Å². The average Bonchev–Trinajstić information content (AvgIpc) is 3.15. The van der Waals surface area contributed by atoms with Gasteiger partial charge in [0.2, 0.25) is 0 Å². The SMILES string of the molecule is CC1(C)O[C@H]2O[C@]3(C[C@@H](O[Si](c4ccccc4)(c4ccccc4)C(C)(C)C)C3)[C@@H](O)[C@H]2O1. The molecular weight excluding hydrogens is 420 g/mol. The van der Waals surface area contributed by atoms with E-state index in [4.69, 9.17) is 18.6 Å². The van der Waals surface area contributed by atoms with Gasteiger partial charge >= 0.3 is 0 Å². The van der Waals surface area contributed by atoms with Gasteiger partial charge in [-0.2, -0.15) is 0 Å². The zero-order valence-corrected chi connectivity index (χ0v) is 20.6. The highest BCUT2D eigenvalue weighted by atomic mass is 28.4. The zero-order chi connectivity index (χ0) is 22.8. The summed E-state index contributed by atoms with van der Waals surface area (Å²) < 4.78 is 25.2. The van der Waals surface area contributed by atoms with Crippen LogP contribution in [0.3, 0.4) is 0 Å². The fourth-order valence-corrected chi connectivity index (χ4v) is 10.4. The van der Waals surface area contributed by atoms with Gasteiger partial charge in [0.15, 0.2) is 12.1 Å². The smallest absolute Gasteiger partial charge is 0.261 e. The Morgan fingerprint density at radius 1 is 0.875 bits per heavy atom. The molecule has 2 heterocycles. The van der Waals surface area contributed by atoms with Gasteiger partial charge in [-0.1, -0.05) is 81.4 Å². The quantitative estimate of drug-likeness (QED) is 0.718. The molecule has 0 unspecified atom stereocenters. The van der Waals surface area contributed by atoms with Gasteiger partial charge in [0.1, 0.15) is 17.8 Å². The largest absolute Gasteiger partial charge is 0.404 e. The van der Waals surface area contributed by atoms with Gasteiger partial charge in [-0.3, -0.25) is 0 Å². The van der Waals surface area contributed by atoms with Gasteiger partial charge in [-0.25, -0.2) is 0 Å². The third kappa shape index (κ3) is 3.40. The molecule has 5 nitrogen and oxygen atoms in total. The van der Waals surface area contributed by atoms with Crippen LogP contribution in [0.1, 0.15) is 47.5 Å². The molecule has 5 rings (SSSR count). The predicted octanol–water partition coefficient (Wildman–Crippen LogP) is 3.33. The van der Waals surface area contributed by atoms with Crippen LogP contribution < -0.4 is 10.4 Å². The van der Waals surface area contributed by atoms with Crippen LogP contribution in [0.2, 0.25) is 5.04 Å². The Labute approximate surface area is 191 Å². The first-order valence-electron chi connectivity index (χ1n) is 11.6. The zero-order valence-electron chi connectivity index (χ0n) is 19.6. The lowest BCUT2D eigenvalue weighted by Crippen LogP contribution is -2.70. The molecule has 3 fully saturated rings. The number of benzene rings is 2. The molecule has 0 bridgehead atoms. The Kier molecular flexibility index (Phi) is 5.21. The van der Waals surface area contributed by atoms with Crippen molar-refractivity contribution in [2.24, 2.45) is 0 Å². The second kappa shape index (κ2) is 7.48. The standard InChI is InChI=1S/C26H34O5Si/c1-24(2,3)32(19-12-8-6-9-13-19,20-14-10-7-11-15-20)31-18-16-26(17-18)22(27)21-23(30-26)29-25(4,5)28-21/h6-15,18,21-23,27H,16-17H2,1-5H3/t18-,21-,22+,23+,26+/m1/s1. The average molecular weight is 455 g/mol. The molecular formula is C26H34O5Si. The Bertz CT molecular complexity index is 910. The Morgan fingerprint density at radius 2 is 1.41 bits per heavy atom. The first-order valence-corrected chi connectivity index (χ1v) is 13.5. The van der Waals surface area contributed by atoms with E-state index in [9.17, 15) is 5.11 Å². The van der Waals surface area contributed by atoms with Crippen molar-refractivity contribution in [3.63, 3.8) is 0 Å². The van der Waals surface area contributed by atoms with Crippen molar-refractivity contribution in [3.8, 4) is 0 Å². The summed E-state index contributed by atoms with van der Waals surface area (Å²) in [6.07, 6.45) is -0.402. The van der Waals surface area contributed by atoms with Crippen molar-refractivity contribution in [3.05, 3.63) is 60.7 Å². The van der Waals surface area contributed by atoms with Crippen molar-refractivity contribution in [1.29, 1.82) is 0 Å². The first kappa shape index (κ1) is 22.3. The number of ether oxygens (including phenoxy) is 3. The second-order valence-corrected chi connectivity index (χ2v) is 15.2. The summed E-state index contributed by atoms with van der Waals surface area (Å²) in [7, 11) is -2.62. The van der Waals surface area contributed by atoms with Crippen LogP contribution in [-0.2, 0) is 18.6 Å². The van der Waals surface area contributed by atoms with Crippen molar-refractivity contribution in [1.82, 2.24) is 0 Å². The van der Waals surface area contributed by atoms with Crippen LogP contribution in [0.15, 0.2) is 60.7 Å². The second-order valence-electron chi connectivity index (χ2n) is 10.9. The van der Waals surface area contributed by atoms with Crippen LogP contribution >= 0.6 is 0 Å². The van der Waals surface area contributed by atoms with Crippen molar-refractivity contribution < 1.29 is 23.7 Å². The van der Waals surface area contributed by atoms with Crippen molar-refractivity contribution in [2.45, 2.75) is 88.5 Å². The first-order chi connectivity index (χ1) is 15.1. The maximum Gasteiger partial charge on any atom is 0.261 e. The molecule has 6 heteroatoms. The molecule has 0 radical (unpaired) electrons. The van der Waals surface area contributed by atoms with E-state index in [0.29, 0.717) is 12.8 Å². The minimum absolute atomic E-state index is 0.00258. The van der Waals surface area contributed by atoms with Gasteiger partial charge in [0, 0.05) is 12.8 Å². The molecule has 1 aliphatic carbocycles. The van der Waals surface area contributed by atoms with Gasteiger partial charge in [0.05, 0.1) is 6.10 Å². The van der Waals surface area contributed by atoms with E-state index >= 15 is 0 Å². The predicted molar refractivity (Wildman–Crippen MR) is 125 cm³/mol. The molecule has 172 valence electrons. The number of aliphatic hydroxyl groups is 1. The summed E-state index contributed by atoms with van der Waals surface area (Å²) in [4.78, 5) is 0. The lowest BCUT2D eigenvalue weighted by Gasteiger charge is -2.52. The minimum atomic E-state index is -2.62. The van der Waals surface area contributed by atoms with Gasteiger partial charge < -0.3 is 23.7 Å². The van der Waals surface area contributed by atoms with Crippen LogP contribution in [0, 0.1) is 0 Å². The maximum absolute atomic E-state index is 11.0. The topological polar surface area (TPSA) is 57.2 Å². The molecule has 2 aromatic carbocycles. The van der Waals surface area contributed by atoms with Crippen LogP contribution in [0.25, 0.3) is 0 Å². The molecule has 2 aliphatic heterocycles. The van der Waals surface area contributed by atoms with E-state index in [1.54, 1.807) is 0 Å². The Balaban J connectivity index is 1.43. The van der Waals surface area contributed by atoms with E-state index in [2.05, 4.69) is 81.4 Å². The summed E-state index contributed by atoms with van der Waals surface area (Å²) >= 11 is 0. The summed E-state index contributed by atoms with van der Waals surface area (Å²) in [5.41, 5.74) is -0.651. The van der Waals surface area contributed by atoms with E-state index in [0.717, 1.165) is 0 Å². The van der Waals surface area contributed by atoms with Gasteiger partial charge in [0.25, 0.3) is 8.32 Å². The molecule has 1 spiro atoms. The molecule has 0 amide bonds. The molecule has 2 saturated heterocycles. The fourth-order valence-electron chi connectivity index (χ4n) is 5.74. The highest BCUT2D eigenvalue weighted by molar-refractivity contribution is 6.99. The van der Waals surface area contributed by atoms with E-state index < -0.39 is 38.2 Å². The third-order valence-electron chi connectivity index (χ3n) is 7.20. The van der Waals surface area contributed by atoms with Crippen LogP contribution in [0.4, 0.5) is 0 Å². The highest BCUT2D eigenvalue weighted by Crippen LogP contribution is 2.53. The van der Waals surface area contributed by atoms with E-state index in [-0.39, 0.29) is 11.1 Å². The van der Waals surface area contributed by atoms with Gasteiger partial charge in [-0.05, 0) is 29.3 Å². The normalized spacial score (nSPS) is 33.8. The minimum Gasteiger partial charge on any atom is -0.404 e. The number of fused-ring (bicyclic) bond motifs is 1. The highest BCUT2D eigenvalue weighted by Gasteiger charge is 2.67. The van der Waals surface area contributed by atoms with Gasteiger partial charge in [-0.15, -0.1) is 0 Å². The molecule has 3 atom stereocenters. The van der Waals surface area contributed by atoms with Crippen LogP contribution in [0.5, 0.6) is 0 Å². The molecule has 3 aliphatic rings. The summed E-state index contributed by atoms with van der Waals surface area (Å²) in [6.45, 7) is 10.5. The summed E-state index contributed by atoms with van der Waals surface area (Å²) in [6, 6.07) is 21.3. The Hall–Kier alpha value is -1.54. The monoisotopic (exact) mass is 454 g/mol. The molecule has 32 heavy (non-hydrogen) atoms. The maximum atomic E-state index is 11.0. The lowest BCUT2D eigenvalue weighted by atomic mass is 9.73. The number of aliphatic hydroxyl groups excluding tert-OH is 1. The summed E-state index contributed by atoms with van der Waals surface area (Å²) in [5, 5.41) is 13.5. The van der Waals surface area contributed by atoms with Crippen molar-refractivity contribution in [2.75, 3.05) is 0 Å². The molecule has 2 aromatic rings. The number of hydrogen-bond donors (Lipinski definition) is 1. The lowest BCUT2D eigenvalue weighted by molar-refractivity contribution is -0.267. The number of hydrogen-bond acceptors (Lipinski definition) is 5. The molecule has 1 saturated carbocycles. The fraction of sp³-hybridized carbons (Fsp3) is 0.538.